The van der Waals surface area contributed by atoms with E-state index in [2.05, 4.69) is 15.2 Å². The standard InChI is InChI=1S/C20H25N3O2/c1-15(2)25-19-8-6-17(7-9-19)22-20(24)16-12-18(14-21-13-16)23-10-4-3-5-11-23/h6-9,12-15H,3-5,10-11H2,1-2H3,(H,22,24). The number of carbonyl (C=O) groups is 1. The average molecular weight is 339 g/mol. The zero-order chi connectivity index (χ0) is 17.6. The van der Waals surface area contributed by atoms with Gasteiger partial charge in [-0.25, -0.2) is 0 Å². The van der Waals surface area contributed by atoms with Crippen LogP contribution in [0.5, 0.6) is 5.75 Å². The number of hydrogen-bond donors (Lipinski definition) is 1. The van der Waals surface area contributed by atoms with E-state index >= 15 is 0 Å². The summed E-state index contributed by atoms with van der Waals surface area (Å²) < 4.78 is 5.61. The van der Waals surface area contributed by atoms with Gasteiger partial charge in [-0.2, -0.15) is 0 Å². The van der Waals surface area contributed by atoms with Crippen LogP contribution in [0.3, 0.4) is 0 Å². The number of nitrogens with one attached hydrogen (secondary N) is 1. The van der Waals surface area contributed by atoms with Crippen molar-refractivity contribution in [3.8, 4) is 5.75 Å². The highest BCUT2D eigenvalue weighted by Crippen LogP contribution is 2.21. The number of pyridine rings is 1. The summed E-state index contributed by atoms with van der Waals surface area (Å²) in [4.78, 5) is 19.1. The molecule has 0 saturated carbocycles. The first-order valence-electron chi connectivity index (χ1n) is 8.90. The molecule has 1 fully saturated rings. The van der Waals surface area contributed by atoms with E-state index in [-0.39, 0.29) is 12.0 Å². The molecule has 1 aliphatic rings. The van der Waals surface area contributed by atoms with Crippen molar-refractivity contribution in [3.63, 3.8) is 0 Å². The highest BCUT2D eigenvalue weighted by molar-refractivity contribution is 6.04. The molecule has 1 aromatic heterocycles. The van der Waals surface area contributed by atoms with Crippen LogP contribution in [-0.4, -0.2) is 30.1 Å². The lowest BCUT2D eigenvalue weighted by molar-refractivity contribution is 0.102. The first-order chi connectivity index (χ1) is 12.1. The van der Waals surface area contributed by atoms with E-state index in [0.717, 1.165) is 30.2 Å². The molecule has 1 aliphatic heterocycles. The number of anilines is 2. The number of piperidine rings is 1. The fourth-order valence-electron chi connectivity index (χ4n) is 2.97. The number of nitrogens with zero attached hydrogens (tertiary/aromatic N) is 2. The average Bonchev–Trinajstić information content (AvgIpc) is 2.64. The maximum atomic E-state index is 12.5. The van der Waals surface area contributed by atoms with Crippen LogP contribution in [-0.2, 0) is 0 Å². The Morgan fingerprint density at radius 3 is 2.52 bits per heavy atom. The Labute approximate surface area is 149 Å². The number of aromatic nitrogens is 1. The van der Waals surface area contributed by atoms with Crippen LogP contribution in [0.25, 0.3) is 0 Å². The third-order valence-corrected chi connectivity index (χ3v) is 4.19. The van der Waals surface area contributed by atoms with Crippen molar-refractivity contribution in [3.05, 3.63) is 48.3 Å². The largest absolute Gasteiger partial charge is 0.491 e. The molecular formula is C20H25N3O2. The molecule has 2 heterocycles. The lowest BCUT2D eigenvalue weighted by Crippen LogP contribution is -2.29. The number of rotatable bonds is 5. The molecule has 0 bridgehead atoms. The highest BCUT2D eigenvalue weighted by Gasteiger charge is 2.14. The summed E-state index contributed by atoms with van der Waals surface area (Å²) in [5, 5.41) is 2.92. The minimum absolute atomic E-state index is 0.129. The molecule has 25 heavy (non-hydrogen) atoms. The molecule has 1 N–H and O–H groups in total. The van der Waals surface area contributed by atoms with E-state index in [1.54, 1.807) is 6.20 Å². The molecule has 0 radical (unpaired) electrons. The van der Waals surface area contributed by atoms with Gasteiger partial charge in [-0.15, -0.1) is 0 Å². The third-order valence-electron chi connectivity index (χ3n) is 4.19. The van der Waals surface area contributed by atoms with Gasteiger partial charge in [0.2, 0.25) is 0 Å². The summed E-state index contributed by atoms with van der Waals surface area (Å²) >= 11 is 0. The van der Waals surface area contributed by atoms with Crippen molar-refractivity contribution in [2.24, 2.45) is 0 Å². The van der Waals surface area contributed by atoms with E-state index in [9.17, 15) is 4.79 Å². The predicted octanol–water partition coefficient (Wildman–Crippen LogP) is 4.11. The Morgan fingerprint density at radius 1 is 1.12 bits per heavy atom. The zero-order valence-corrected chi connectivity index (χ0v) is 14.9. The van der Waals surface area contributed by atoms with Crippen LogP contribution in [0, 0.1) is 0 Å². The summed E-state index contributed by atoms with van der Waals surface area (Å²) in [6.07, 6.45) is 7.24. The van der Waals surface area contributed by atoms with E-state index in [1.165, 1.54) is 19.3 Å². The monoisotopic (exact) mass is 339 g/mol. The molecule has 0 atom stereocenters. The maximum absolute atomic E-state index is 12.5. The minimum Gasteiger partial charge on any atom is -0.491 e. The Morgan fingerprint density at radius 2 is 1.84 bits per heavy atom. The molecule has 0 unspecified atom stereocenters. The Hall–Kier alpha value is -2.56. The zero-order valence-electron chi connectivity index (χ0n) is 14.9. The lowest BCUT2D eigenvalue weighted by atomic mass is 10.1. The topological polar surface area (TPSA) is 54.5 Å². The molecule has 2 aromatic rings. The minimum atomic E-state index is -0.149. The quantitative estimate of drug-likeness (QED) is 0.890. The summed E-state index contributed by atoms with van der Waals surface area (Å²) in [7, 11) is 0. The maximum Gasteiger partial charge on any atom is 0.257 e. The lowest BCUT2D eigenvalue weighted by Gasteiger charge is -2.28. The molecule has 3 rings (SSSR count). The first kappa shape index (κ1) is 17.3. The van der Waals surface area contributed by atoms with Crippen molar-refractivity contribution < 1.29 is 9.53 Å². The smallest absolute Gasteiger partial charge is 0.257 e. The Bertz CT molecular complexity index is 707. The van der Waals surface area contributed by atoms with Gasteiger partial charge in [0, 0.05) is 25.0 Å². The molecule has 1 amide bonds. The second-order valence-corrected chi connectivity index (χ2v) is 6.62. The van der Waals surface area contributed by atoms with Crippen LogP contribution < -0.4 is 15.0 Å². The number of ether oxygens (including phenoxy) is 1. The van der Waals surface area contributed by atoms with Gasteiger partial charge in [0.25, 0.3) is 5.91 Å². The fourth-order valence-corrected chi connectivity index (χ4v) is 2.97. The third kappa shape index (κ3) is 4.72. The van der Waals surface area contributed by atoms with Gasteiger partial charge in [-0.05, 0) is 63.4 Å². The molecular weight excluding hydrogens is 314 g/mol. The van der Waals surface area contributed by atoms with Gasteiger partial charge in [0.1, 0.15) is 5.75 Å². The van der Waals surface area contributed by atoms with Gasteiger partial charge in [0.15, 0.2) is 0 Å². The van der Waals surface area contributed by atoms with Gasteiger partial charge in [0.05, 0.1) is 23.6 Å². The van der Waals surface area contributed by atoms with Crippen molar-refractivity contribution in [1.82, 2.24) is 4.98 Å². The van der Waals surface area contributed by atoms with Crippen molar-refractivity contribution in [1.29, 1.82) is 0 Å². The van der Waals surface area contributed by atoms with Crippen LogP contribution in [0.1, 0.15) is 43.5 Å². The molecule has 0 aliphatic carbocycles. The summed E-state index contributed by atoms with van der Waals surface area (Å²) in [6, 6.07) is 9.33. The van der Waals surface area contributed by atoms with Crippen LogP contribution in [0.15, 0.2) is 42.7 Å². The number of hydrogen-bond acceptors (Lipinski definition) is 4. The number of benzene rings is 1. The SMILES string of the molecule is CC(C)Oc1ccc(NC(=O)c2cncc(N3CCCCC3)c2)cc1. The van der Waals surface area contributed by atoms with Gasteiger partial charge < -0.3 is 15.0 Å². The fraction of sp³-hybridized carbons (Fsp3) is 0.400. The summed E-state index contributed by atoms with van der Waals surface area (Å²) in [6.45, 7) is 6.03. The molecule has 5 nitrogen and oxygen atoms in total. The first-order valence-corrected chi connectivity index (χ1v) is 8.90. The molecule has 0 spiro atoms. The second-order valence-electron chi connectivity index (χ2n) is 6.62. The Kier molecular flexibility index (Phi) is 5.53. The molecule has 1 saturated heterocycles. The van der Waals surface area contributed by atoms with Gasteiger partial charge in [-0.3, -0.25) is 9.78 Å². The van der Waals surface area contributed by atoms with E-state index in [4.69, 9.17) is 4.74 Å². The highest BCUT2D eigenvalue weighted by atomic mass is 16.5. The second kappa shape index (κ2) is 8.01. The van der Waals surface area contributed by atoms with E-state index < -0.39 is 0 Å². The molecule has 1 aromatic carbocycles. The number of carbonyl (C=O) groups excluding carboxylic acids is 1. The van der Waals surface area contributed by atoms with E-state index in [1.807, 2.05) is 50.4 Å². The molecule has 5 heteroatoms. The van der Waals surface area contributed by atoms with Gasteiger partial charge in [-0.1, -0.05) is 0 Å². The van der Waals surface area contributed by atoms with E-state index in [0.29, 0.717) is 5.56 Å². The normalized spacial score (nSPS) is 14.4. The van der Waals surface area contributed by atoms with Crippen LogP contribution in [0.4, 0.5) is 11.4 Å². The molecule has 132 valence electrons. The summed E-state index contributed by atoms with van der Waals surface area (Å²) in [5.41, 5.74) is 2.34. The van der Waals surface area contributed by atoms with Crippen LogP contribution in [0.2, 0.25) is 0 Å². The summed E-state index contributed by atoms with van der Waals surface area (Å²) in [5.74, 6) is 0.644. The van der Waals surface area contributed by atoms with Crippen molar-refractivity contribution in [2.45, 2.75) is 39.2 Å². The van der Waals surface area contributed by atoms with Crippen LogP contribution >= 0.6 is 0 Å². The van der Waals surface area contributed by atoms with Crippen molar-refractivity contribution in [2.75, 3.05) is 23.3 Å². The number of amides is 1. The van der Waals surface area contributed by atoms with Crippen molar-refractivity contribution >= 4 is 17.3 Å². The predicted molar refractivity (Wildman–Crippen MR) is 100 cm³/mol. The van der Waals surface area contributed by atoms with Gasteiger partial charge >= 0.3 is 0 Å². The Balaban J connectivity index is 1.66.